The van der Waals surface area contributed by atoms with Crippen LogP contribution in [0.4, 0.5) is 5.69 Å². The molecule has 2 rings (SSSR count). The number of amides is 1. The summed E-state index contributed by atoms with van der Waals surface area (Å²) in [5, 5.41) is 0. The summed E-state index contributed by atoms with van der Waals surface area (Å²) in [4.78, 5) is 14.6. The Balaban J connectivity index is 2.41. The largest absolute Gasteiger partial charge is 0.309 e. The topological polar surface area (TPSA) is 20.3 Å². The highest BCUT2D eigenvalue weighted by Gasteiger charge is 2.36. The van der Waals surface area contributed by atoms with Crippen molar-refractivity contribution in [2.24, 2.45) is 5.41 Å². The molecule has 1 aliphatic rings. The Morgan fingerprint density at radius 2 is 2.11 bits per heavy atom. The van der Waals surface area contributed by atoms with Gasteiger partial charge in [0.15, 0.2) is 0 Å². The van der Waals surface area contributed by atoms with Crippen molar-refractivity contribution in [1.29, 1.82) is 0 Å². The van der Waals surface area contributed by atoms with Crippen LogP contribution in [0.1, 0.15) is 32.8 Å². The molecule has 0 saturated heterocycles. The van der Waals surface area contributed by atoms with Crippen LogP contribution in [0.25, 0.3) is 0 Å². The van der Waals surface area contributed by atoms with Crippen LogP contribution in [0, 0.1) is 5.41 Å². The molecule has 0 aromatic heterocycles. The predicted octanol–water partition coefficient (Wildman–Crippen LogP) is 3.62. The fourth-order valence-electron chi connectivity index (χ4n) is 2.38. The molecule has 1 aromatic rings. The number of para-hydroxylation sites is 1. The lowest BCUT2D eigenvalue weighted by atomic mass is 9.89. The van der Waals surface area contributed by atoms with Crippen molar-refractivity contribution in [2.75, 3.05) is 10.8 Å². The van der Waals surface area contributed by atoms with E-state index in [1.807, 2.05) is 36.9 Å². The zero-order valence-corrected chi connectivity index (χ0v) is 12.0. The quantitative estimate of drug-likeness (QED) is 0.748. The van der Waals surface area contributed by atoms with Gasteiger partial charge in [-0.05, 0) is 45.2 Å². The van der Waals surface area contributed by atoms with Crippen LogP contribution in [0.15, 0.2) is 24.3 Å². The molecule has 1 amide bonds. The molecule has 1 unspecified atom stereocenters. The van der Waals surface area contributed by atoms with E-state index in [1.54, 1.807) is 0 Å². The second-order valence-electron chi connectivity index (χ2n) is 5.71. The molecule has 3 heteroatoms. The lowest BCUT2D eigenvalue weighted by molar-refractivity contribution is -0.126. The smallest absolute Gasteiger partial charge is 0.234 e. The maximum absolute atomic E-state index is 12.7. The van der Waals surface area contributed by atoms with Gasteiger partial charge in [-0.3, -0.25) is 4.79 Å². The first-order valence-electron chi connectivity index (χ1n) is 6.45. The maximum Gasteiger partial charge on any atom is 0.234 e. The lowest BCUT2D eigenvalue weighted by Gasteiger charge is -2.39. The van der Waals surface area contributed by atoms with Crippen molar-refractivity contribution < 1.29 is 4.79 Å². The lowest BCUT2D eigenvalue weighted by Crippen LogP contribution is -2.48. The summed E-state index contributed by atoms with van der Waals surface area (Å²) in [6.45, 7) is 5.93. The van der Waals surface area contributed by atoms with Gasteiger partial charge in [0.1, 0.15) is 0 Å². The van der Waals surface area contributed by atoms with E-state index in [2.05, 4.69) is 13.0 Å². The molecule has 0 bridgehead atoms. The molecular weight excluding hydrogens is 246 g/mol. The van der Waals surface area contributed by atoms with Crippen LogP contribution in [0.5, 0.6) is 0 Å². The first-order chi connectivity index (χ1) is 8.47. The van der Waals surface area contributed by atoms with Crippen molar-refractivity contribution in [3.05, 3.63) is 29.8 Å². The molecule has 1 aliphatic heterocycles. The summed E-state index contributed by atoms with van der Waals surface area (Å²) in [5.74, 6) is 0.467. The number of fused-ring (bicyclic) bond motifs is 1. The second kappa shape index (κ2) is 4.93. The molecule has 0 saturated carbocycles. The summed E-state index contributed by atoms with van der Waals surface area (Å²) in [7, 11) is 0. The molecule has 98 valence electrons. The van der Waals surface area contributed by atoms with Crippen LogP contribution in [-0.4, -0.2) is 17.8 Å². The van der Waals surface area contributed by atoms with Crippen molar-refractivity contribution in [3.8, 4) is 0 Å². The highest BCUT2D eigenvalue weighted by Crippen LogP contribution is 2.34. The Morgan fingerprint density at radius 3 is 2.78 bits per heavy atom. The zero-order valence-electron chi connectivity index (χ0n) is 11.2. The van der Waals surface area contributed by atoms with Gasteiger partial charge < -0.3 is 4.90 Å². The first-order valence-corrected chi connectivity index (χ1v) is 6.98. The molecule has 0 spiro atoms. The van der Waals surface area contributed by atoms with E-state index in [0.29, 0.717) is 5.88 Å². The highest BCUT2D eigenvalue weighted by molar-refractivity contribution is 6.20. The number of carbonyl (C=O) groups excluding carboxylic acids is 1. The highest BCUT2D eigenvalue weighted by atomic mass is 35.5. The fourth-order valence-corrected chi connectivity index (χ4v) is 2.50. The Kier molecular flexibility index (Phi) is 3.67. The maximum atomic E-state index is 12.7. The van der Waals surface area contributed by atoms with E-state index in [-0.39, 0.29) is 11.9 Å². The van der Waals surface area contributed by atoms with Gasteiger partial charge in [-0.1, -0.05) is 18.2 Å². The molecule has 0 fully saturated rings. The number of anilines is 1. The van der Waals surface area contributed by atoms with Crippen LogP contribution >= 0.6 is 11.6 Å². The SMILES string of the molecule is CC1CCc2ccccc2N1C(=O)C(C)(C)CCl. The minimum absolute atomic E-state index is 0.122. The Morgan fingerprint density at radius 1 is 1.44 bits per heavy atom. The Labute approximate surface area is 114 Å². The van der Waals surface area contributed by atoms with Crippen molar-refractivity contribution >= 4 is 23.2 Å². The van der Waals surface area contributed by atoms with E-state index >= 15 is 0 Å². The standard InChI is InChI=1S/C15H20ClNO/c1-11-8-9-12-6-4-5-7-13(12)17(11)14(18)15(2,3)10-16/h4-7,11H,8-10H2,1-3H3. The van der Waals surface area contributed by atoms with Gasteiger partial charge in [0.2, 0.25) is 5.91 Å². The van der Waals surface area contributed by atoms with Gasteiger partial charge in [-0.15, -0.1) is 11.6 Å². The first kappa shape index (κ1) is 13.4. The molecule has 0 N–H and O–H groups in total. The molecule has 18 heavy (non-hydrogen) atoms. The van der Waals surface area contributed by atoms with Crippen LogP contribution in [-0.2, 0) is 11.2 Å². The molecule has 1 aromatic carbocycles. The van der Waals surface area contributed by atoms with E-state index in [1.165, 1.54) is 5.56 Å². The minimum atomic E-state index is -0.514. The van der Waals surface area contributed by atoms with Crippen LogP contribution in [0.3, 0.4) is 0 Å². The number of carbonyl (C=O) groups is 1. The third-order valence-electron chi connectivity index (χ3n) is 3.66. The number of hydrogen-bond donors (Lipinski definition) is 0. The van der Waals surface area contributed by atoms with E-state index < -0.39 is 5.41 Å². The third-order valence-corrected chi connectivity index (χ3v) is 4.32. The van der Waals surface area contributed by atoms with Gasteiger partial charge >= 0.3 is 0 Å². The fraction of sp³-hybridized carbons (Fsp3) is 0.533. The van der Waals surface area contributed by atoms with Gasteiger partial charge in [-0.25, -0.2) is 0 Å². The molecule has 2 nitrogen and oxygen atoms in total. The number of halogens is 1. The average molecular weight is 266 g/mol. The van der Waals surface area contributed by atoms with Crippen LogP contribution in [0.2, 0.25) is 0 Å². The van der Waals surface area contributed by atoms with E-state index in [0.717, 1.165) is 18.5 Å². The molecule has 0 aliphatic carbocycles. The summed E-state index contributed by atoms with van der Waals surface area (Å²) >= 11 is 5.93. The monoisotopic (exact) mass is 265 g/mol. The van der Waals surface area contributed by atoms with Crippen molar-refractivity contribution in [3.63, 3.8) is 0 Å². The number of alkyl halides is 1. The average Bonchev–Trinajstić information content (AvgIpc) is 2.38. The van der Waals surface area contributed by atoms with Gasteiger partial charge in [-0.2, -0.15) is 0 Å². The Bertz CT molecular complexity index is 456. The zero-order chi connectivity index (χ0) is 13.3. The molecule has 1 atom stereocenters. The number of aryl methyl sites for hydroxylation is 1. The third kappa shape index (κ3) is 2.26. The van der Waals surface area contributed by atoms with Gasteiger partial charge in [0.25, 0.3) is 0 Å². The molecule has 0 radical (unpaired) electrons. The van der Waals surface area contributed by atoms with Gasteiger partial charge in [0, 0.05) is 17.6 Å². The van der Waals surface area contributed by atoms with Gasteiger partial charge in [0.05, 0.1) is 5.41 Å². The number of rotatable bonds is 2. The summed E-state index contributed by atoms with van der Waals surface area (Å²) in [5.41, 5.74) is 1.80. The van der Waals surface area contributed by atoms with E-state index in [9.17, 15) is 4.79 Å². The Hall–Kier alpha value is -1.02. The van der Waals surface area contributed by atoms with Crippen LogP contribution < -0.4 is 4.90 Å². The van der Waals surface area contributed by atoms with E-state index in [4.69, 9.17) is 11.6 Å². The van der Waals surface area contributed by atoms with Crippen molar-refractivity contribution in [1.82, 2.24) is 0 Å². The normalized spacial score (nSPS) is 19.6. The minimum Gasteiger partial charge on any atom is -0.309 e. The molecular formula is C15H20ClNO. The summed E-state index contributed by atoms with van der Waals surface area (Å²) in [6, 6.07) is 8.41. The number of hydrogen-bond acceptors (Lipinski definition) is 1. The van der Waals surface area contributed by atoms with Crippen molar-refractivity contribution in [2.45, 2.75) is 39.7 Å². The second-order valence-corrected chi connectivity index (χ2v) is 5.98. The molecule has 1 heterocycles. The number of nitrogens with zero attached hydrogens (tertiary/aromatic N) is 1. The number of benzene rings is 1. The predicted molar refractivity (Wildman–Crippen MR) is 76.2 cm³/mol. The summed E-state index contributed by atoms with van der Waals surface area (Å²) in [6.07, 6.45) is 2.06. The summed E-state index contributed by atoms with van der Waals surface area (Å²) < 4.78 is 0.